The maximum absolute atomic E-state index is 12.6. The molecule has 2 fully saturated rings. The second-order valence-corrected chi connectivity index (χ2v) is 11.2. The molecule has 41 heavy (non-hydrogen) atoms. The monoisotopic (exact) mass is 565 g/mol. The number of aliphatic imine (C=N–C) groups is 1. The molecule has 2 heterocycles. The van der Waals surface area contributed by atoms with Crippen molar-refractivity contribution in [2.45, 2.75) is 45.5 Å². The first kappa shape index (κ1) is 30.0. The fraction of sp³-hybridized carbons (Fsp3) is 0.467. The molecular weight excluding hydrogens is 526 g/mol. The summed E-state index contributed by atoms with van der Waals surface area (Å²) < 4.78 is 16.2. The van der Waals surface area contributed by atoms with Crippen LogP contribution in [0.4, 0.5) is 15.3 Å². The number of amides is 2. The van der Waals surface area contributed by atoms with Crippen LogP contribution < -0.4 is 10.6 Å². The molecule has 2 aromatic rings. The van der Waals surface area contributed by atoms with Gasteiger partial charge in [-0.25, -0.2) is 9.59 Å². The summed E-state index contributed by atoms with van der Waals surface area (Å²) in [5, 5.41) is 0. The highest BCUT2D eigenvalue weighted by Gasteiger charge is 2.34. The predicted molar refractivity (Wildman–Crippen MR) is 155 cm³/mol. The van der Waals surface area contributed by atoms with Gasteiger partial charge in [0.05, 0.1) is 13.0 Å². The predicted octanol–water partition coefficient (Wildman–Crippen LogP) is 3.40. The number of piperazine rings is 1. The lowest BCUT2D eigenvalue weighted by molar-refractivity contribution is -0.155. The van der Waals surface area contributed by atoms with Crippen LogP contribution in [0.3, 0.4) is 0 Å². The highest BCUT2D eigenvalue weighted by Crippen LogP contribution is 2.23. The summed E-state index contributed by atoms with van der Waals surface area (Å²) in [4.78, 5) is 46.6. The lowest BCUT2D eigenvalue weighted by Crippen LogP contribution is -2.49. The highest BCUT2D eigenvalue weighted by molar-refractivity contribution is 6.03. The van der Waals surface area contributed by atoms with E-state index in [1.807, 2.05) is 51.1 Å². The number of hydrogen-bond acceptors (Lipinski definition) is 8. The number of hydrogen-bond donors (Lipinski definition) is 1. The van der Waals surface area contributed by atoms with E-state index in [1.165, 1.54) is 0 Å². The first-order chi connectivity index (χ1) is 19.6. The van der Waals surface area contributed by atoms with Gasteiger partial charge in [0.15, 0.2) is 0 Å². The van der Waals surface area contributed by atoms with Gasteiger partial charge in [-0.1, -0.05) is 30.3 Å². The molecule has 0 aliphatic carbocycles. The van der Waals surface area contributed by atoms with Crippen molar-refractivity contribution in [2.75, 3.05) is 50.7 Å². The lowest BCUT2D eigenvalue weighted by Gasteiger charge is -2.35. The molecule has 2 aromatic carbocycles. The van der Waals surface area contributed by atoms with Gasteiger partial charge in [-0.15, -0.1) is 0 Å². The van der Waals surface area contributed by atoms with E-state index < -0.39 is 17.8 Å². The molecule has 11 heteroatoms. The Hall–Kier alpha value is -3.96. The molecular formula is C30H39N5O6. The number of carbonyl (C=O) groups excluding carboxylic acids is 3. The van der Waals surface area contributed by atoms with E-state index in [2.05, 4.69) is 14.8 Å². The third kappa shape index (κ3) is 9.29. The van der Waals surface area contributed by atoms with Crippen LogP contribution in [0, 0.1) is 0 Å². The minimum atomic E-state index is -0.773. The Morgan fingerprint density at radius 1 is 1.00 bits per heavy atom. The van der Waals surface area contributed by atoms with E-state index in [9.17, 15) is 14.4 Å². The third-order valence-electron chi connectivity index (χ3n) is 6.74. The summed E-state index contributed by atoms with van der Waals surface area (Å²) in [6.07, 6.45) is -1.04. The molecule has 0 saturated carbocycles. The van der Waals surface area contributed by atoms with Gasteiger partial charge in [-0.05, 0) is 50.6 Å². The third-order valence-corrected chi connectivity index (χ3v) is 6.74. The number of nitrogens with zero attached hydrogens (tertiary/aromatic N) is 4. The molecule has 0 bridgehead atoms. The van der Waals surface area contributed by atoms with Crippen LogP contribution in [0.1, 0.15) is 38.3 Å². The Bertz CT molecular complexity index is 1220. The van der Waals surface area contributed by atoms with Crippen molar-refractivity contribution in [3.8, 4) is 0 Å². The maximum Gasteiger partial charge on any atom is 0.435 e. The average Bonchev–Trinajstić information content (AvgIpc) is 3.30. The van der Waals surface area contributed by atoms with Gasteiger partial charge in [0.25, 0.3) is 0 Å². The van der Waals surface area contributed by atoms with E-state index in [4.69, 9.17) is 19.9 Å². The summed E-state index contributed by atoms with van der Waals surface area (Å²) in [5.74, 6) is -0.149. The van der Waals surface area contributed by atoms with Crippen molar-refractivity contribution in [3.05, 3.63) is 65.7 Å². The molecule has 1 atom stereocenters. The van der Waals surface area contributed by atoms with Gasteiger partial charge in [-0.3, -0.25) is 14.6 Å². The van der Waals surface area contributed by atoms with E-state index in [1.54, 1.807) is 29.2 Å². The molecule has 220 valence electrons. The SMILES string of the molecule is CC(C)(C)OC(=O)CCN1CCN(CC2CN(c3ccc(C(N)=NC(=O)OCc4ccccc4)cc3)C(=O)O2)CC1. The Kier molecular flexibility index (Phi) is 9.95. The number of carbonyl (C=O) groups is 3. The Morgan fingerprint density at radius 2 is 1.66 bits per heavy atom. The molecule has 1 unspecified atom stereocenters. The van der Waals surface area contributed by atoms with Gasteiger partial charge < -0.3 is 24.8 Å². The second-order valence-electron chi connectivity index (χ2n) is 11.2. The van der Waals surface area contributed by atoms with Crippen molar-refractivity contribution in [1.29, 1.82) is 0 Å². The Morgan fingerprint density at radius 3 is 2.32 bits per heavy atom. The van der Waals surface area contributed by atoms with Crippen LogP contribution in [-0.2, 0) is 25.6 Å². The summed E-state index contributed by atoms with van der Waals surface area (Å²) >= 11 is 0. The zero-order chi connectivity index (χ0) is 29.4. The van der Waals surface area contributed by atoms with Gasteiger partial charge >= 0.3 is 18.2 Å². The quantitative estimate of drug-likeness (QED) is 0.211. The van der Waals surface area contributed by atoms with Crippen LogP contribution in [0.25, 0.3) is 0 Å². The summed E-state index contributed by atoms with van der Waals surface area (Å²) in [6, 6.07) is 16.2. The summed E-state index contributed by atoms with van der Waals surface area (Å²) in [6.45, 7) is 10.8. The minimum absolute atomic E-state index is 0.0294. The van der Waals surface area contributed by atoms with Gasteiger partial charge in [-0.2, -0.15) is 4.99 Å². The first-order valence-corrected chi connectivity index (χ1v) is 13.9. The molecule has 2 N–H and O–H groups in total. The van der Waals surface area contributed by atoms with Crippen LogP contribution in [0.2, 0.25) is 0 Å². The van der Waals surface area contributed by atoms with Crippen molar-refractivity contribution < 1.29 is 28.6 Å². The van der Waals surface area contributed by atoms with Crippen molar-refractivity contribution >= 4 is 29.7 Å². The van der Waals surface area contributed by atoms with E-state index in [-0.39, 0.29) is 24.5 Å². The number of anilines is 1. The fourth-order valence-corrected chi connectivity index (χ4v) is 4.68. The summed E-state index contributed by atoms with van der Waals surface area (Å²) in [7, 11) is 0. The second kappa shape index (κ2) is 13.6. The van der Waals surface area contributed by atoms with Crippen LogP contribution in [0.5, 0.6) is 0 Å². The number of ether oxygens (including phenoxy) is 3. The van der Waals surface area contributed by atoms with Crippen molar-refractivity contribution in [2.24, 2.45) is 10.7 Å². The lowest BCUT2D eigenvalue weighted by atomic mass is 10.1. The number of esters is 1. The highest BCUT2D eigenvalue weighted by atomic mass is 16.6. The zero-order valence-electron chi connectivity index (χ0n) is 24.0. The molecule has 11 nitrogen and oxygen atoms in total. The fourth-order valence-electron chi connectivity index (χ4n) is 4.68. The molecule has 2 amide bonds. The Labute approximate surface area is 240 Å². The zero-order valence-corrected chi connectivity index (χ0v) is 24.0. The molecule has 2 aliphatic heterocycles. The number of nitrogens with two attached hydrogens (primary N) is 1. The number of amidine groups is 1. The largest absolute Gasteiger partial charge is 0.460 e. The van der Waals surface area contributed by atoms with E-state index in [0.29, 0.717) is 37.3 Å². The summed E-state index contributed by atoms with van der Waals surface area (Å²) in [5.41, 5.74) is 7.60. The van der Waals surface area contributed by atoms with Gasteiger partial charge in [0, 0.05) is 50.5 Å². The molecule has 0 aromatic heterocycles. The van der Waals surface area contributed by atoms with E-state index in [0.717, 1.165) is 31.7 Å². The first-order valence-electron chi connectivity index (χ1n) is 13.9. The van der Waals surface area contributed by atoms with Crippen molar-refractivity contribution in [1.82, 2.24) is 9.80 Å². The van der Waals surface area contributed by atoms with E-state index >= 15 is 0 Å². The molecule has 0 spiro atoms. The van der Waals surface area contributed by atoms with Crippen LogP contribution in [0.15, 0.2) is 59.6 Å². The standard InChI is InChI=1S/C30H39N5O6/c1-30(2,3)41-26(36)13-14-33-15-17-34(18-16-33)19-25-20-35(29(38)40-25)24-11-9-23(10-12-24)27(31)32-28(37)39-21-22-7-5-4-6-8-22/h4-12,25H,13-21H2,1-3H3,(H2,31,32,37). The smallest absolute Gasteiger partial charge is 0.435 e. The Balaban J connectivity index is 1.21. The van der Waals surface area contributed by atoms with Crippen molar-refractivity contribution in [3.63, 3.8) is 0 Å². The molecule has 2 aliphatic rings. The van der Waals surface area contributed by atoms with Gasteiger partial charge in [0.1, 0.15) is 24.1 Å². The normalized spacial score (nSPS) is 18.7. The maximum atomic E-state index is 12.6. The minimum Gasteiger partial charge on any atom is -0.460 e. The topological polar surface area (TPSA) is 127 Å². The molecule has 2 saturated heterocycles. The van der Waals surface area contributed by atoms with Crippen LogP contribution in [-0.4, -0.2) is 91.3 Å². The van der Waals surface area contributed by atoms with Gasteiger partial charge in [0.2, 0.25) is 0 Å². The number of rotatable bonds is 9. The average molecular weight is 566 g/mol. The van der Waals surface area contributed by atoms with Crippen LogP contribution >= 0.6 is 0 Å². The number of benzene rings is 2. The molecule has 0 radical (unpaired) electrons. The molecule has 4 rings (SSSR count). The number of cyclic esters (lactones) is 1.